The van der Waals surface area contributed by atoms with Crippen molar-refractivity contribution in [3.05, 3.63) is 30.3 Å². The second-order valence-electron chi connectivity index (χ2n) is 2.27. The van der Waals surface area contributed by atoms with E-state index in [-0.39, 0.29) is 0 Å². The molecule has 1 rings (SSSR count). The van der Waals surface area contributed by atoms with E-state index >= 15 is 0 Å². The maximum atomic E-state index is 12.2. The Morgan fingerprint density at radius 1 is 1.08 bits per heavy atom. The van der Waals surface area contributed by atoms with Gasteiger partial charge in [-0.15, -0.1) is 0 Å². The van der Waals surface area contributed by atoms with Crippen LogP contribution in [0, 0.1) is 0 Å². The van der Waals surface area contributed by atoms with E-state index in [0.29, 0.717) is 4.46 Å². The first-order valence-electron chi connectivity index (χ1n) is 3.29. The molecule has 4 heteroatoms. The summed E-state index contributed by atoms with van der Waals surface area (Å²) in [4.78, 5) is 0. The molecular formula is C8H8F3Se. The zero-order valence-electron chi connectivity index (χ0n) is 6.43. The molecule has 0 spiro atoms. The van der Waals surface area contributed by atoms with Crippen LogP contribution in [0.4, 0.5) is 13.2 Å². The fourth-order valence-electron chi connectivity index (χ4n) is 0.758. The Hall–Kier alpha value is -0.471. The first-order chi connectivity index (χ1) is 5.52. The Balaban J connectivity index is 2.86. The molecule has 0 nitrogen and oxygen atoms in total. The molecule has 0 heterocycles. The molecule has 0 unspecified atom stereocenters. The average Bonchev–Trinajstić information content (AvgIpc) is 2.03. The van der Waals surface area contributed by atoms with Crippen LogP contribution in [0.15, 0.2) is 30.3 Å². The molecule has 1 aromatic carbocycles. The van der Waals surface area contributed by atoms with Crippen molar-refractivity contribution in [2.75, 3.05) is 0 Å². The molecule has 1 aromatic rings. The maximum absolute atomic E-state index is 12.2. The molecule has 0 amide bonds. The van der Waals surface area contributed by atoms with E-state index in [1.165, 1.54) is 18.0 Å². The molecule has 0 saturated heterocycles. The van der Waals surface area contributed by atoms with Crippen molar-refractivity contribution < 1.29 is 13.2 Å². The molecular weight excluding hydrogens is 232 g/mol. The number of benzene rings is 1. The van der Waals surface area contributed by atoms with E-state index in [0.717, 1.165) is 0 Å². The molecule has 0 bridgehead atoms. The molecule has 1 radical (unpaired) electrons. The van der Waals surface area contributed by atoms with Gasteiger partial charge in [0.2, 0.25) is 0 Å². The van der Waals surface area contributed by atoms with Crippen LogP contribution in [0.25, 0.3) is 0 Å². The number of rotatable bonds is 1. The molecule has 0 aliphatic heterocycles. The third-order valence-electron chi connectivity index (χ3n) is 1.44. The summed E-state index contributed by atoms with van der Waals surface area (Å²) in [6, 6.07) is 8.08. The Bertz CT molecular complexity index is 242. The van der Waals surface area contributed by atoms with Gasteiger partial charge in [0.15, 0.2) is 0 Å². The van der Waals surface area contributed by atoms with E-state index in [4.69, 9.17) is 0 Å². The van der Waals surface area contributed by atoms with Crippen LogP contribution < -0.4 is 4.46 Å². The van der Waals surface area contributed by atoms with Gasteiger partial charge in [-0.3, -0.25) is 0 Å². The van der Waals surface area contributed by atoms with Crippen LogP contribution in [-0.2, 0) is 0 Å². The summed E-state index contributed by atoms with van der Waals surface area (Å²) in [7, 11) is 0. The molecule has 12 heavy (non-hydrogen) atoms. The number of halogens is 3. The molecule has 0 aliphatic rings. The van der Waals surface area contributed by atoms with Gasteiger partial charge in [0.25, 0.3) is 0 Å². The van der Waals surface area contributed by atoms with Crippen LogP contribution in [0.5, 0.6) is 0 Å². The second kappa shape index (κ2) is 3.50. The Morgan fingerprint density at radius 2 is 1.58 bits per heavy atom. The first kappa shape index (κ1) is 9.62. The molecule has 0 aromatic heterocycles. The minimum atomic E-state index is -4.01. The van der Waals surface area contributed by atoms with E-state index in [9.17, 15) is 13.2 Å². The summed E-state index contributed by atoms with van der Waals surface area (Å²) in [6.07, 6.45) is 0. The zero-order valence-corrected chi connectivity index (χ0v) is 8.14. The van der Waals surface area contributed by atoms with E-state index in [2.05, 4.69) is 0 Å². The van der Waals surface area contributed by atoms with Gasteiger partial charge in [0, 0.05) is 0 Å². The van der Waals surface area contributed by atoms with Crippen LogP contribution >= 0.6 is 0 Å². The van der Waals surface area contributed by atoms with Crippen molar-refractivity contribution in [3.8, 4) is 0 Å². The molecule has 0 saturated carbocycles. The topological polar surface area (TPSA) is 0 Å². The van der Waals surface area contributed by atoms with Gasteiger partial charge in [-0.05, 0) is 0 Å². The normalized spacial score (nSPS) is 12.1. The van der Waals surface area contributed by atoms with Crippen LogP contribution in [0.3, 0.4) is 0 Å². The van der Waals surface area contributed by atoms with Gasteiger partial charge in [0.1, 0.15) is 0 Å². The predicted molar refractivity (Wildman–Crippen MR) is 43.7 cm³/mol. The average molecular weight is 240 g/mol. The van der Waals surface area contributed by atoms with E-state index in [1.54, 1.807) is 18.2 Å². The Morgan fingerprint density at radius 3 is 2.00 bits per heavy atom. The fourth-order valence-corrected chi connectivity index (χ4v) is 2.51. The molecule has 67 valence electrons. The molecule has 0 fully saturated rings. The predicted octanol–water partition coefficient (Wildman–Crippen LogP) is 2.12. The Labute approximate surface area is 73.3 Å². The summed E-state index contributed by atoms with van der Waals surface area (Å²) in [5, 5.41) is -4.01. The van der Waals surface area contributed by atoms with Gasteiger partial charge >= 0.3 is 72.8 Å². The minimum absolute atomic E-state index is 0.435. The first-order valence-corrected chi connectivity index (χ1v) is 6.72. The van der Waals surface area contributed by atoms with Crippen LogP contribution in [-0.4, -0.2) is 19.0 Å². The van der Waals surface area contributed by atoms with E-state index in [1.807, 2.05) is 0 Å². The van der Waals surface area contributed by atoms with Crippen molar-refractivity contribution in [1.82, 2.24) is 0 Å². The number of hydrogen-bond acceptors (Lipinski definition) is 0. The third-order valence-corrected chi connectivity index (χ3v) is 4.96. The fraction of sp³-hybridized carbons (Fsp3) is 0.250. The van der Waals surface area contributed by atoms with E-state index < -0.39 is 19.0 Å². The van der Waals surface area contributed by atoms with Crippen LogP contribution in [0.2, 0.25) is 5.82 Å². The summed E-state index contributed by atoms with van der Waals surface area (Å²) < 4.78 is 37.0. The zero-order chi connectivity index (χ0) is 9.19. The van der Waals surface area contributed by atoms with Crippen molar-refractivity contribution in [3.63, 3.8) is 0 Å². The van der Waals surface area contributed by atoms with Gasteiger partial charge in [0.05, 0.1) is 0 Å². The number of alkyl halides is 3. The van der Waals surface area contributed by atoms with Crippen molar-refractivity contribution in [2.24, 2.45) is 0 Å². The molecule has 0 N–H and O–H groups in total. The Kier molecular flexibility index (Phi) is 2.80. The summed E-state index contributed by atoms with van der Waals surface area (Å²) in [5.41, 5.74) is 0. The van der Waals surface area contributed by atoms with Gasteiger partial charge in [-0.2, -0.15) is 0 Å². The summed E-state index contributed by atoms with van der Waals surface area (Å²) in [5.74, 6) is 1.29. The monoisotopic (exact) mass is 241 g/mol. The van der Waals surface area contributed by atoms with Gasteiger partial charge < -0.3 is 0 Å². The third kappa shape index (κ3) is 2.26. The summed E-state index contributed by atoms with van der Waals surface area (Å²) in [6.45, 7) is 0. The van der Waals surface area contributed by atoms with Crippen LogP contribution in [0.1, 0.15) is 0 Å². The molecule has 0 aliphatic carbocycles. The standard InChI is InChI=1S/C8H8F3Se/c1-12(8(9,10)11)7-5-3-2-4-6-7/h2-6H,1H3. The summed E-state index contributed by atoms with van der Waals surface area (Å²) >= 11 is -2.61. The quantitative estimate of drug-likeness (QED) is 0.659. The van der Waals surface area contributed by atoms with Crippen molar-refractivity contribution >= 4 is 18.4 Å². The number of hydrogen-bond donors (Lipinski definition) is 0. The SMILES string of the molecule is C[Se](c1ccccc1)C(F)(F)F. The molecule has 0 atom stereocenters. The van der Waals surface area contributed by atoms with Crippen molar-refractivity contribution in [2.45, 2.75) is 10.9 Å². The van der Waals surface area contributed by atoms with Gasteiger partial charge in [-0.1, -0.05) is 0 Å². The van der Waals surface area contributed by atoms with Gasteiger partial charge in [-0.25, -0.2) is 0 Å². The second-order valence-corrected chi connectivity index (χ2v) is 6.37. The van der Waals surface area contributed by atoms with Crippen molar-refractivity contribution in [1.29, 1.82) is 0 Å².